The molecular weight excluding hydrogens is 104 g/mol. The van der Waals surface area contributed by atoms with Gasteiger partial charge in [0.05, 0.1) is 0 Å². The molecule has 0 bridgehead atoms. The molecule has 8 heavy (non-hydrogen) atoms. The topological polar surface area (TPSA) is 72.3 Å². The second-order valence-electron chi connectivity index (χ2n) is 2.52. The first kappa shape index (κ1) is 6.01. The molecule has 0 radical (unpaired) electrons. The fraction of sp³-hybridized carbons (Fsp3) is 1.00. The minimum Gasteiger partial charge on any atom is -0.396 e. The van der Waals surface area contributed by atoms with E-state index in [4.69, 9.17) is 16.6 Å². The zero-order valence-corrected chi connectivity index (χ0v) is 4.80. The molecule has 1 saturated carbocycles. The maximum atomic E-state index is 8.54. The molecule has 0 aromatic heterocycles. The van der Waals surface area contributed by atoms with Gasteiger partial charge in [0.25, 0.3) is 0 Å². The third-order valence-electron chi connectivity index (χ3n) is 1.88. The summed E-state index contributed by atoms with van der Waals surface area (Å²) in [7, 11) is 0. The Balaban J connectivity index is 2.31. The van der Waals surface area contributed by atoms with Crippen LogP contribution >= 0.6 is 0 Å². The summed E-state index contributed by atoms with van der Waals surface area (Å²) in [5, 5.41) is 8.54. The van der Waals surface area contributed by atoms with E-state index in [1.54, 1.807) is 0 Å². The van der Waals surface area contributed by atoms with E-state index >= 15 is 0 Å². The van der Waals surface area contributed by atoms with Crippen LogP contribution in [0.4, 0.5) is 0 Å². The largest absolute Gasteiger partial charge is 0.396 e. The SMILES string of the molecule is NC[C@]1(N)C[C@@H]1CO. The predicted molar refractivity (Wildman–Crippen MR) is 31.2 cm³/mol. The minimum absolute atomic E-state index is 0.188. The van der Waals surface area contributed by atoms with Crippen LogP contribution in [0.2, 0.25) is 0 Å². The maximum Gasteiger partial charge on any atom is 0.0478 e. The zero-order valence-electron chi connectivity index (χ0n) is 4.80. The summed E-state index contributed by atoms with van der Waals surface area (Å²) in [5.74, 6) is 0.271. The molecule has 48 valence electrons. The molecule has 1 aliphatic carbocycles. The van der Waals surface area contributed by atoms with Gasteiger partial charge in [-0.15, -0.1) is 0 Å². The Morgan fingerprint density at radius 2 is 2.38 bits per heavy atom. The molecule has 0 spiro atoms. The van der Waals surface area contributed by atoms with Crippen molar-refractivity contribution in [2.75, 3.05) is 13.2 Å². The highest BCUT2D eigenvalue weighted by Crippen LogP contribution is 2.38. The van der Waals surface area contributed by atoms with Crippen LogP contribution in [0.5, 0.6) is 0 Å². The first-order valence-corrected chi connectivity index (χ1v) is 2.83. The number of hydrogen-bond acceptors (Lipinski definition) is 3. The average Bonchev–Trinajstić information content (AvgIpc) is 2.44. The van der Waals surface area contributed by atoms with E-state index in [1.807, 2.05) is 0 Å². The van der Waals surface area contributed by atoms with Gasteiger partial charge >= 0.3 is 0 Å². The average molecular weight is 116 g/mol. The molecule has 0 aromatic rings. The summed E-state index contributed by atoms with van der Waals surface area (Å²) in [6.07, 6.45) is 0.889. The highest BCUT2D eigenvalue weighted by atomic mass is 16.3. The summed E-state index contributed by atoms with van der Waals surface area (Å²) in [6, 6.07) is 0. The standard InChI is InChI=1S/C5H12N2O/c6-3-5(7)1-4(5)2-8/h4,8H,1-3,6-7H2/t4-,5-/m1/s1. The molecule has 2 atom stereocenters. The Labute approximate surface area is 48.7 Å². The number of hydrogen-bond donors (Lipinski definition) is 3. The van der Waals surface area contributed by atoms with Crippen molar-refractivity contribution in [2.45, 2.75) is 12.0 Å². The molecule has 3 nitrogen and oxygen atoms in total. The van der Waals surface area contributed by atoms with Gasteiger partial charge in [0.2, 0.25) is 0 Å². The van der Waals surface area contributed by atoms with Gasteiger partial charge in [-0.05, 0) is 6.42 Å². The van der Waals surface area contributed by atoms with Crippen molar-refractivity contribution >= 4 is 0 Å². The van der Waals surface area contributed by atoms with E-state index in [-0.39, 0.29) is 18.1 Å². The van der Waals surface area contributed by atoms with Crippen LogP contribution in [0.25, 0.3) is 0 Å². The highest BCUT2D eigenvalue weighted by molar-refractivity contribution is 5.08. The van der Waals surface area contributed by atoms with E-state index in [0.29, 0.717) is 6.54 Å². The zero-order chi connectivity index (χ0) is 6.20. The van der Waals surface area contributed by atoms with Crippen LogP contribution in [-0.4, -0.2) is 23.8 Å². The first-order valence-electron chi connectivity index (χ1n) is 2.83. The van der Waals surface area contributed by atoms with Crippen LogP contribution in [0.3, 0.4) is 0 Å². The van der Waals surface area contributed by atoms with E-state index in [2.05, 4.69) is 0 Å². The van der Waals surface area contributed by atoms with Gasteiger partial charge in [-0.3, -0.25) is 0 Å². The van der Waals surface area contributed by atoms with Crippen LogP contribution in [0, 0.1) is 5.92 Å². The summed E-state index contributed by atoms with van der Waals surface area (Å²) < 4.78 is 0. The summed E-state index contributed by atoms with van der Waals surface area (Å²) in [4.78, 5) is 0. The molecule has 0 aliphatic heterocycles. The molecule has 0 saturated heterocycles. The molecule has 0 heterocycles. The molecule has 3 heteroatoms. The normalized spacial score (nSPS) is 44.6. The van der Waals surface area contributed by atoms with E-state index in [1.165, 1.54) is 0 Å². The lowest BCUT2D eigenvalue weighted by molar-refractivity contribution is 0.264. The lowest BCUT2D eigenvalue weighted by Crippen LogP contribution is -2.35. The van der Waals surface area contributed by atoms with Crippen molar-refractivity contribution in [3.8, 4) is 0 Å². The van der Waals surface area contributed by atoms with Gasteiger partial charge in [-0.25, -0.2) is 0 Å². The monoisotopic (exact) mass is 116 g/mol. The molecule has 1 aliphatic rings. The smallest absolute Gasteiger partial charge is 0.0478 e. The van der Waals surface area contributed by atoms with E-state index in [9.17, 15) is 0 Å². The molecule has 1 rings (SSSR count). The Morgan fingerprint density at radius 1 is 1.75 bits per heavy atom. The van der Waals surface area contributed by atoms with Gasteiger partial charge in [-0.2, -0.15) is 0 Å². The Kier molecular flexibility index (Phi) is 1.27. The van der Waals surface area contributed by atoms with Crippen molar-refractivity contribution < 1.29 is 5.11 Å². The second-order valence-corrected chi connectivity index (χ2v) is 2.52. The van der Waals surface area contributed by atoms with Crippen molar-refractivity contribution in [1.29, 1.82) is 0 Å². The highest BCUT2D eigenvalue weighted by Gasteiger charge is 2.48. The number of aliphatic hydroxyl groups is 1. The number of rotatable bonds is 2. The maximum absolute atomic E-state index is 8.54. The predicted octanol–water partition coefficient (Wildman–Crippen LogP) is -1.35. The van der Waals surface area contributed by atoms with Crippen molar-refractivity contribution in [1.82, 2.24) is 0 Å². The van der Waals surface area contributed by atoms with Gasteiger partial charge < -0.3 is 16.6 Å². The van der Waals surface area contributed by atoms with Crippen LogP contribution in [0.1, 0.15) is 6.42 Å². The van der Waals surface area contributed by atoms with Crippen molar-refractivity contribution in [2.24, 2.45) is 17.4 Å². The van der Waals surface area contributed by atoms with Gasteiger partial charge in [-0.1, -0.05) is 0 Å². The fourth-order valence-electron chi connectivity index (χ4n) is 0.896. The fourth-order valence-corrected chi connectivity index (χ4v) is 0.896. The van der Waals surface area contributed by atoms with Crippen molar-refractivity contribution in [3.63, 3.8) is 0 Å². The quantitative estimate of drug-likeness (QED) is 0.418. The summed E-state index contributed by atoms with van der Waals surface area (Å²) in [6.45, 7) is 0.686. The third-order valence-corrected chi connectivity index (χ3v) is 1.88. The van der Waals surface area contributed by atoms with Gasteiger partial charge in [0, 0.05) is 24.6 Å². The molecule has 0 unspecified atom stereocenters. The van der Waals surface area contributed by atoms with Gasteiger partial charge in [0.15, 0.2) is 0 Å². The second kappa shape index (κ2) is 1.69. The Bertz CT molecular complexity index is 96.4. The lowest BCUT2D eigenvalue weighted by atomic mass is 10.2. The van der Waals surface area contributed by atoms with Crippen molar-refractivity contribution in [3.05, 3.63) is 0 Å². The number of nitrogens with two attached hydrogens (primary N) is 2. The molecular formula is C5H12N2O. The van der Waals surface area contributed by atoms with Crippen LogP contribution in [-0.2, 0) is 0 Å². The van der Waals surface area contributed by atoms with E-state index in [0.717, 1.165) is 6.42 Å². The summed E-state index contributed by atoms with van der Waals surface area (Å²) in [5.41, 5.74) is 10.7. The summed E-state index contributed by atoms with van der Waals surface area (Å²) >= 11 is 0. The molecule has 5 N–H and O–H groups in total. The van der Waals surface area contributed by atoms with Crippen LogP contribution < -0.4 is 11.5 Å². The molecule has 0 aromatic carbocycles. The minimum atomic E-state index is -0.214. The lowest BCUT2D eigenvalue weighted by Gasteiger charge is -2.03. The Hall–Kier alpha value is -0.120. The molecule has 0 amide bonds. The van der Waals surface area contributed by atoms with Gasteiger partial charge in [0.1, 0.15) is 0 Å². The van der Waals surface area contributed by atoms with Crippen LogP contribution in [0.15, 0.2) is 0 Å². The third kappa shape index (κ3) is 0.727. The Morgan fingerprint density at radius 3 is 2.50 bits per heavy atom. The number of aliphatic hydroxyl groups excluding tert-OH is 1. The van der Waals surface area contributed by atoms with E-state index < -0.39 is 0 Å². The molecule has 1 fully saturated rings. The first-order chi connectivity index (χ1) is 3.73.